The van der Waals surface area contributed by atoms with E-state index in [1.807, 2.05) is 11.8 Å². The number of nitrogens with zero attached hydrogens (tertiary/aromatic N) is 1. The molecule has 2 atom stereocenters. The van der Waals surface area contributed by atoms with Crippen LogP contribution in [0.1, 0.15) is 68.9 Å². The quantitative estimate of drug-likeness (QED) is 0.657. The van der Waals surface area contributed by atoms with Crippen molar-refractivity contribution in [2.45, 2.75) is 75.5 Å². The van der Waals surface area contributed by atoms with Gasteiger partial charge in [-0.3, -0.25) is 0 Å². The van der Waals surface area contributed by atoms with E-state index in [4.69, 9.17) is 4.74 Å². The van der Waals surface area contributed by atoms with Crippen molar-refractivity contribution in [2.75, 3.05) is 6.61 Å². The van der Waals surface area contributed by atoms with Gasteiger partial charge >= 0.3 is 6.09 Å². The highest BCUT2D eigenvalue weighted by atomic mass is 16.6. The number of fused-ring (bicyclic) bond motifs is 5. The predicted octanol–water partition coefficient (Wildman–Crippen LogP) is 5.49. The van der Waals surface area contributed by atoms with Crippen LogP contribution in [0.3, 0.4) is 0 Å². The molecule has 0 saturated carbocycles. The Morgan fingerprint density at radius 1 is 1.03 bits per heavy atom. The molecule has 2 heterocycles. The molecule has 4 heteroatoms. The molecule has 0 radical (unpaired) electrons. The Bertz CT molecular complexity index is 1010. The summed E-state index contributed by atoms with van der Waals surface area (Å²) in [7, 11) is 0. The first kappa shape index (κ1) is 21.1. The first-order chi connectivity index (χ1) is 15.6. The van der Waals surface area contributed by atoms with Crippen LogP contribution < -0.4 is 0 Å². The average molecular weight is 430 g/mol. The van der Waals surface area contributed by atoms with E-state index in [0.717, 1.165) is 25.7 Å². The fourth-order valence-corrected chi connectivity index (χ4v) is 5.99. The van der Waals surface area contributed by atoms with Gasteiger partial charge in [-0.1, -0.05) is 55.5 Å². The molecule has 2 aromatic rings. The first-order valence-corrected chi connectivity index (χ1v) is 11.9. The topological polar surface area (TPSA) is 49.8 Å². The van der Waals surface area contributed by atoms with Gasteiger partial charge in [0.05, 0.1) is 5.60 Å². The number of ether oxygens (including phenoxy) is 1. The Kier molecular flexibility index (Phi) is 5.69. The molecule has 0 spiro atoms. The van der Waals surface area contributed by atoms with Crippen molar-refractivity contribution in [3.63, 3.8) is 0 Å². The third-order valence-corrected chi connectivity index (χ3v) is 7.36. The first-order valence-electron chi connectivity index (χ1n) is 11.9. The van der Waals surface area contributed by atoms with Crippen LogP contribution in [-0.2, 0) is 4.74 Å². The van der Waals surface area contributed by atoms with E-state index in [1.54, 1.807) is 0 Å². The number of carbonyl (C=O) groups excluding carboxylic acids is 1. The van der Waals surface area contributed by atoms with Crippen LogP contribution in [0.25, 0.3) is 11.1 Å². The zero-order chi connectivity index (χ0) is 22.1. The van der Waals surface area contributed by atoms with Crippen LogP contribution in [0, 0.1) is 11.8 Å². The smallest absolute Gasteiger partial charge is 0.410 e. The highest BCUT2D eigenvalue weighted by Gasteiger charge is 2.47. The van der Waals surface area contributed by atoms with Crippen molar-refractivity contribution < 1.29 is 14.6 Å². The minimum Gasteiger partial charge on any atom is -0.448 e. The number of piperidine rings is 2. The molecule has 1 N–H and O–H groups in total. The molecule has 2 unspecified atom stereocenters. The number of benzene rings is 2. The Morgan fingerprint density at radius 2 is 1.62 bits per heavy atom. The molecule has 2 saturated heterocycles. The third kappa shape index (κ3) is 3.80. The summed E-state index contributed by atoms with van der Waals surface area (Å²) >= 11 is 0. The van der Waals surface area contributed by atoms with E-state index >= 15 is 0 Å². The molecule has 32 heavy (non-hydrogen) atoms. The standard InChI is InChI=1S/C28H31NO3/c1-2-3-8-16-28(31)17-20-10-9-11-21(18-28)29(20)27(30)32-19-26-24-14-6-4-12-22(24)23-13-5-7-15-25(23)26/h4-7,12-15,20-21,26,31H,2,9-11,16-19H2,1H3. The summed E-state index contributed by atoms with van der Waals surface area (Å²) < 4.78 is 5.96. The highest BCUT2D eigenvalue weighted by molar-refractivity contribution is 5.79. The second kappa shape index (κ2) is 8.64. The summed E-state index contributed by atoms with van der Waals surface area (Å²) in [5, 5.41) is 11.1. The number of aliphatic hydroxyl groups is 1. The zero-order valence-electron chi connectivity index (χ0n) is 18.7. The number of amides is 1. The van der Waals surface area contributed by atoms with Gasteiger partial charge in [0, 0.05) is 30.8 Å². The molecule has 166 valence electrons. The number of hydrogen-bond acceptors (Lipinski definition) is 3. The molecule has 1 aliphatic carbocycles. The molecular weight excluding hydrogens is 398 g/mol. The van der Waals surface area contributed by atoms with Crippen LogP contribution >= 0.6 is 0 Å². The molecule has 0 aromatic heterocycles. The molecule has 2 bridgehead atoms. The largest absolute Gasteiger partial charge is 0.448 e. The summed E-state index contributed by atoms with van der Waals surface area (Å²) in [6.45, 7) is 2.36. The molecule has 4 nitrogen and oxygen atoms in total. The van der Waals surface area contributed by atoms with Crippen molar-refractivity contribution >= 4 is 6.09 Å². The minimum absolute atomic E-state index is 0.0339. The van der Waals surface area contributed by atoms with Crippen molar-refractivity contribution in [1.82, 2.24) is 4.90 Å². The van der Waals surface area contributed by atoms with E-state index in [-0.39, 0.29) is 24.1 Å². The van der Waals surface area contributed by atoms with Gasteiger partial charge in [-0.05, 0) is 54.4 Å². The van der Waals surface area contributed by atoms with Crippen LogP contribution in [0.4, 0.5) is 4.79 Å². The second-order valence-electron chi connectivity index (χ2n) is 9.47. The molecule has 2 aliphatic heterocycles. The van der Waals surface area contributed by atoms with E-state index in [2.05, 4.69) is 60.4 Å². The Morgan fingerprint density at radius 3 is 2.22 bits per heavy atom. The third-order valence-electron chi connectivity index (χ3n) is 7.36. The lowest BCUT2D eigenvalue weighted by Crippen LogP contribution is -2.59. The number of hydrogen-bond donors (Lipinski definition) is 1. The van der Waals surface area contributed by atoms with E-state index < -0.39 is 5.60 Å². The summed E-state index contributed by atoms with van der Waals surface area (Å²) in [5.41, 5.74) is 4.13. The lowest BCUT2D eigenvalue weighted by molar-refractivity contribution is -0.0816. The van der Waals surface area contributed by atoms with E-state index in [0.29, 0.717) is 25.9 Å². The van der Waals surface area contributed by atoms with Crippen molar-refractivity contribution in [3.8, 4) is 23.0 Å². The predicted molar refractivity (Wildman–Crippen MR) is 125 cm³/mol. The van der Waals surface area contributed by atoms with Crippen LogP contribution in [0.2, 0.25) is 0 Å². The lowest BCUT2D eigenvalue weighted by atomic mass is 9.74. The summed E-state index contributed by atoms with van der Waals surface area (Å²) in [5.74, 6) is 6.26. The molecule has 5 rings (SSSR count). The molecule has 2 aromatic carbocycles. The van der Waals surface area contributed by atoms with E-state index in [1.165, 1.54) is 22.3 Å². The van der Waals surface area contributed by atoms with Gasteiger partial charge in [-0.25, -0.2) is 4.79 Å². The number of carbonyl (C=O) groups is 1. The fraction of sp³-hybridized carbons (Fsp3) is 0.464. The maximum absolute atomic E-state index is 13.3. The van der Waals surface area contributed by atoms with Gasteiger partial charge in [0.1, 0.15) is 6.61 Å². The van der Waals surface area contributed by atoms with Gasteiger partial charge in [-0.15, -0.1) is 11.8 Å². The molecular formula is C28H31NO3. The average Bonchev–Trinajstić information content (AvgIpc) is 3.11. The van der Waals surface area contributed by atoms with Gasteiger partial charge in [0.25, 0.3) is 0 Å². The van der Waals surface area contributed by atoms with Gasteiger partial charge < -0.3 is 14.7 Å². The zero-order valence-corrected chi connectivity index (χ0v) is 18.7. The minimum atomic E-state index is -0.794. The monoisotopic (exact) mass is 429 g/mol. The normalized spacial score (nSPS) is 26.0. The Hall–Kier alpha value is -2.77. The van der Waals surface area contributed by atoms with Gasteiger partial charge in [-0.2, -0.15) is 0 Å². The highest BCUT2D eigenvalue weighted by Crippen LogP contribution is 2.45. The maximum Gasteiger partial charge on any atom is 0.410 e. The van der Waals surface area contributed by atoms with Crippen molar-refractivity contribution in [3.05, 3.63) is 59.7 Å². The van der Waals surface area contributed by atoms with Crippen LogP contribution in [0.5, 0.6) is 0 Å². The summed E-state index contributed by atoms with van der Waals surface area (Å²) in [6, 6.07) is 16.9. The van der Waals surface area contributed by atoms with Gasteiger partial charge in [0.2, 0.25) is 0 Å². The van der Waals surface area contributed by atoms with Crippen LogP contribution in [0.15, 0.2) is 48.5 Å². The summed E-state index contributed by atoms with van der Waals surface area (Å²) in [6.07, 6.45) is 5.18. The molecule has 2 fully saturated rings. The Labute approximate surface area is 190 Å². The number of rotatable bonds is 3. The fourth-order valence-electron chi connectivity index (χ4n) is 5.99. The van der Waals surface area contributed by atoms with E-state index in [9.17, 15) is 9.90 Å². The van der Waals surface area contributed by atoms with Crippen molar-refractivity contribution in [2.24, 2.45) is 0 Å². The van der Waals surface area contributed by atoms with Crippen LogP contribution in [-0.4, -0.2) is 40.4 Å². The maximum atomic E-state index is 13.3. The van der Waals surface area contributed by atoms with Gasteiger partial charge in [0.15, 0.2) is 0 Å². The molecule has 3 aliphatic rings. The summed E-state index contributed by atoms with van der Waals surface area (Å²) in [4.78, 5) is 15.2. The Balaban J connectivity index is 1.30. The SMILES string of the molecule is CCC#CCC1(O)CC2CCCC(C1)N2C(=O)OCC1c2ccccc2-c2ccccc21. The lowest BCUT2D eigenvalue weighted by Gasteiger charge is -2.51. The molecule has 1 amide bonds. The second-order valence-corrected chi connectivity index (χ2v) is 9.47. The van der Waals surface area contributed by atoms with Crippen molar-refractivity contribution in [1.29, 1.82) is 0 Å².